The smallest absolute Gasteiger partial charge is 0.435 e. The van der Waals surface area contributed by atoms with Crippen molar-refractivity contribution in [1.82, 2.24) is 19.7 Å². The second kappa shape index (κ2) is 16.0. The number of hydrogen-bond donors (Lipinski definition) is 2. The number of ether oxygens (including phenoxy) is 2. The van der Waals surface area contributed by atoms with Crippen molar-refractivity contribution in [2.24, 2.45) is 10.4 Å². The Morgan fingerprint density at radius 3 is 2.26 bits per heavy atom. The lowest BCUT2D eigenvalue weighted by Crippen LogP contribution is -2.42. The van der Waals surface area contributed by atoms with Gasteiger partial charge in [0.2, 0.25) is 0 Å². The van der Waals surface area contributed by atoms with E-state index in [1.54, 1.807) is 12.4 Å². The molecule has 0 unspecified atom stereocenters. The summed E-state index contributed by atoms with van der Waals surface area (Å²) in [6.07, 6.45) is 3.80. The lowest BCUT2D eigenvalue weighted by atomic mass is 9.81. The summed E-state index contributed by atoms with van der Waals surface area (Å²) in [5.74, 6) is -0.675. The molecule has 2 N–H and O–H groups in total. The van der Waals surface area contributed by atoms with E-state index in [4.69, 9.17) is 14.3 Å². The van der Waals surface area contributed by atoms with Crippen molar-refractivity contribution < 1.29 is 37.3 Å². The number of carbonyl (C=O) groups excluding carboxylic acids is 1. The molecule has 0 atom stereocenters. The van der Waals surface area contributed by atoms with Crippen LogP contribution in [0.1, 0.15) is 24.1 Å². The number of anilines is 1. The maximum atomic E-state index is 12.5. The molecule has 0 amide bonds. The lowest BCUT2D eigenvalue weighted by Gasteiger charge is -2.32. The van der Waals surface area contributed by atoms with Gasteiger partial charge in [-0.1, -0.05) is 24.8 Å². The first kappa shape index (κ1) is 34.4. The van der Waals surface area contributed by atoms with Crippen molar-refractivity contribution in [2.75, 3.05) is 32.2 Å². The second-order valence-electron chi connectivity index (χ2n) is 9.09. The first-order valence-electron chi connectivity index (χ1n) is 12.8. The van der Waals surface area contributed by atoms with Crippen molar-refractivity contribution in [3.63, 3.8) is 0 Å². The van der Waals surface area contributed by atoms with E-state index in [9.17, 15) is 23.1 Å². The van der Waals surface area contributed by atoms with Crippen molar-refractivity contribution in [2.45, 2.75) is 25.9 Å². The van der Waals surface area contributed by atoms with Gasteiger partial charge in [0.1, 0.15) is 18.8 Å². The van der Waals surface area contributed by atoms with Crippen LogP contribution in [0.4, 0.5) is 18.9 Å². The SMILES string of the molecule is C=C/C=C(\N=C)n1cc(C)c(C(F)(F)F)n1.C=O.CNc1ccc(-c2cnc(OCC3(C(=O)O)CCOCC3)nc2)cc1. The summed E-state index contributed by atoms with van der Waals surface area (Å²) in [6, 6.07) is 8.09. The molecule has 11 nitrogen and oxygen atoms in total. The number of aromatic nitrogens is 4. The van der Waals surface area contributed by atoms with Gasteiger partial charge in [-0.3, -0.25) is 4.79 Å². The minimum Gasteiger partial charge on any atom is -0.481 e. The topological polar surface area (TPSA) is 141 Å². The fourth-order valence-corrected chi connectivity index (χ4v) is 3.92. The third kappa shape index (κ3) is 9.33. The molecule has 0 saturated carbocycles. The van der Waals surface area contributed by atoms with Gasteiger partial charge in [-0.15, -0.1) is 0 Å². The van der Waals surface area contributed by atoms with Crippen molar-refractivity contribution in [1.29, 1.82) is 0 Å². The number of carbonyl (C=O) groups is 2. The van der Waals surface area contributed by atoms with Crippen LogP contribution in [0.25, 0.3) is 16.9 Å². The normalized spacial score (nSPS) is 14.2. The maximum Gasteiger partial charge on any atom is 0.435 e. The molecule has 1 saturated heterocycles. The summed E-state index contributed by atoms with van der Waals surface area (Å²) in [5.41, 5.74) is 1.08. The van der Waals surface area contributed by atoms with Crippen LogP contribution in [0.2, 0.25) is 0 Å². The maximum absolute atomic E-state index is 12.5. The summed E-state index contributed by atoms with van der Waals surface area (Å²) >= 11 is 0. The molecule has 3 aromatic rings. The molecule has 2 aromatic heterocycles. The molecular formula is C29H33F3N6O5. The Morgan fingerprint density at radius 2 is 1.79 bits per heavy atom. The first-order chi connectivity index (χ1) is 20.5. The second-order valence-corrected chi connectivity index (χ2v) is 9.09. The summed E-state index contributed by atoms with van der Waals surface area (Å²) in [6.45, 7) is 10.9. The average Bonchev–Trinajstić information content (AvgIpc) is 3.43. The number of aliphatic imine (C=N–C) groups is 1. The molecule has 230 valence electrons. The molecule has 0 bridgehead atoms. The first-order valence-corrected chi connectivity index (χ1v) is 12.8. The number of hydrogen-bond acceptors (Lipinski definition) is 9. The molecular weight excluding hydrogens is 569 g/mol. The summed E-state index contributed by atoms with van der Waals surface area (Å²) in [5, 5.41) is 16.0. The lowest BCUT2D eigenvalue weighted by molar-refractivity contribution is -0.157. The highest BCUT2D eigenvalue weighted by Crippen LogP contribution is 2.32. The third-order valence-corrected chi connectivity index (χ3v) is 6.35. The summed E-state index contributed by atoms with van der Waals surface area (Å²) in [4.78, 5) is 31.6. The van der Waals surface area contributed by atoms with E-state index in [0.29, 0.717) is 26.1 Å². The number of alkyl halides is 3. The Morgan fingerprint density at radius 1 is 1.19 bits per heavy atom. The highest BCUT2D eigenvalue weighted by molar-refractivity contribution is 5.75. The van der Waals surface area contributed by atoms with Gasteiger partial charge in [0.15, 0.2) is 11.5 Å². The van der Waals surface area contributed by atoms with E-state index in [1.807, 2.05) is 38.1 Å². The Kier molecular flexibility index (Phi) is 12.8. The fourth-order valence-electron chi connectivity index (χ4n) is 3.92. The number of carboxylic acid groups (broad SMARTS) is 1. The number of allylic oxidation sites excluding steroid dienone is 2. The number of rotatable bonds is 9. The number of carboxylic acids is 1. The van der Waals surface area contributed by atoms with Gasteiger partial charge in [0.05, 0.1) is 0 Å². The van der Waals surface area contributed by atoms with Gasteiger partial charge in [0, 0.05) is 55.7 Å². The Bertz CT molecular complexity index is 1380. The number of benzene rings is 1. The standard InChI is InChI=1S/C18H21N3O4.C10H10F3N3.CH2O/c1-19-15-4-2-13(3-5-15)14-10-20-17(21-11-14)25-12-18(16(22)23)6-8-24-9-7-18;1-4-5-8(14-3)16-6-7(2)9(15-16)10(11,12)13;1-2/h2-5,10-11,19H,6-9,12H2,1H3,(H,22,23);4-6H,1,3H2,2H3;1H2/b;8-5+;. The molecule has 0 radical (unpaired) electrons. The fraction of sp³-hybridized carbons (Fsp3) is 0.310. The highest BCUT2D eigenvalue weighted by Gasteiger charge is 2.41. The summed E-state index contributed by atoms with van der Waals surface area (Å²) in [7, 11) is 1.87. The quantitative estimate of drug-likeness (QED) is 0.251. The van der Waals surface area contributed by atoms with Gasteiger partial charge < -0.3 is 24.7 Å². The molecule has 0 aliphatic carbocycles. The van der Waals surface area contributed by atoms with Gasteiger partial charge in [-0.05, 0) is 50.3 Å². The van der Waals surface area contributed by atoms with Gasteiger partial charge in [-0.25, -0.2) is 19.6 Å². The zero-order valence-corrected chi connectivity index (χ0v) is 23.8. The minimum absolute atomic E-state index is 0.0334. The van der Waals surface area contributed by atoms with Gasteiger partial charge in [-0.2, -0.15) is 18.3 Å². The van der Waals surface area contributed by atoms with Crippen LogP contribution < -0.4 is 10.1 Å². The van der Waals surface area contributed by atoms with Crippen LogP contribution in [0.5, 0.6) is 6.01 Å². The Hall–Kier alpha value is -4.85. The van der Waals surface area contributed by atoms with Gasteiger partial charge in [0.25, 0.3) is 0 Å². The largest absolute Gasteiger partial charge is 0.481 e. The predicted octanol–water partition coefficient (Wildman–Crippen LogP) is 5.16. The Labute approximate surface area is 246 Å². The Balaban J connectivity index is 0.000000310. The van der Waals surface area contributed by atoms with Crippen LogP contribution in [0.15, 0.2) is 66.6 Å². The number of aryl methyl sites for hydroxylation is 1. The number of aliphatic carboxylic acids is 1. The minimum atomic E-state index is -4.46. The van der Waals surface area contributed by atoms with Crippen molar-refractivity contribution in [3.05, 3.63) is 72.8 Å². The molecule has 1 aliphatic heterocycles. The molecule has 1 aromatic carbocycles. The molecule has 43 heavy (non-hydrogen) atoms. The number of nitrogens with one attached hydrogen (secondary N) is 1. The molecule has 0 spiro atoms. The zero-order chi connectivity index (χ0) is 32.0. The molecule has 1 aliphatic rings. The van der Waals surface area contributed by atoms with Crippen LogP contribution in [0.3, 0.4) is 0 Å². The van der Waals surface area contributed by atoms with E-state index in [-0.39, 0.29) is 24.0 Å². The molecule has 4 rings (SSSR count). The highest BCUT2D eigenvalue weighted by atomic mass is 19.4. The van der Waals surface area contributed by atoms with Crippen LogP contribution >= 0.6 is 0 Å². The molecule has 14 heteroatoms. The molecule has 3 heterocycles. The zero-order valence-electron chi connectivity index (χ0n) is 23.8. The number of halogens is 3. The van der Waals surface area contributed by atoms with Gasteiger partial charge >= 0.3 is 18.2 Å². The van der Waals surface area contributed by atoms with Crippen LogP contribution in [0, 0.1) is 12.3 Å². The third-order valence-electron chi connectivity index (χ3n) is 6.35. The van der Waals surface area contributed by atoms with Crippen LogP contribution in [-0.2, 0) is 20.5 Å². The van der Waals surface area contributed by atoms with Crippen molar-refractivity contribution in [3.8, 4) is 17.1 Å². The van der Waals surface area contributed by atoms with E-state index in [1.165, 1.54) is 25.3 Å². The van der Waals surface area contributed by atoms with Crippen LogP contribution in [-0.4, -0.2) is 71.2 Å². The van der Waals surface area contributed by atoms with Crippen molar-refractivity contribution >= 4 is 31.0 Å². The monoisotopic (exact) mass is 602 g/mol. The van der Waals surface area contributed by atoms with E-state index < -0.39 is 23.3 Å². The van der Waals surface area contributed by atoms with E-state index in [2.05, 4.69) is 38.7 Å². The summed E-state index contributed by atoms with van der Waals surface area (Å²) < 4.78 is 49.2. The van der Waals surface area contributed by atoms with E-state index in [0.717, 1.165) is 21.5 Å². The molecule has 1 fully saturated rings. The predicted molar refractivity (Wildman–Crippen MR) is 156 cm³/mol. The van der Waals surface area contributed by atoms with E-state index >= 15 is 0 Å². The number of nitrogens with zero attached hydrogens (tertiary/aromatic N) is 5. The average molecular weight is 603 g/mol.